The SMILES string of the molecule is CCN(CC)c1nc(NCc2ccc(C)cc2)nc2ccccc12. The maximum absolute atomic E-state index is 4.78. The Balaban J connectivity index is 1.91. The monoisotopic (exact) mass is 320 g/mol. The molecule has 24 heavy (non-hydrogen) atoms. The topological polar surface area (TPSA) is 41.1 Å². The molecule has 0 unspecified atom stereocenters. The molecule has 0 spiro atoms. The minimum absolute atomic E-state index is 0.677. The number of hydrogen-bond acceptors (Lipinski definition) is 4. The van der Waals surface area contributed by atoms with Gasteiger partial charge in [-0.25, -0.2) is 4.98 Å². The quantitative estimate of drug-likeness (QED) is 0.731. The molecule has 0 fully saturated rings. The Morgan fingerprint density at radius 2 is 1.62 bits per heavy atom. The summed E-state index contributed by atoms with van der Waals surface area (Å²) in [6.07, 6.45) is 0. The van der Waals surface area contributed by atoms with Gasteiger partial charge in [-0.1, -0.05) is 42.0 Å². The maximum atomic E-state index is 4.78. The van der Waals surface area contributed by atoms with Crippen LogP contribution in [0.2, 0.25) is 0 Å². The number of benzene rings is 2. The smallest absolute Gasteiger partial charge is 0.225 e. The third kappa shape index (κ3) is 3.48. The van der Waals surface area contributed by atoms with Crippen molar-refractivity contribution >= 4 is 22.7 Å². The van der Waals surface area contributed by atoms with E-state index in [0.717, 1.165) is 36.4 Å². The molecule has 0 aliphatic heterocycles. The van der Waals surface area contributed by atoms with Crippen LogP contribution in [0.3, 0.4) is 0 Å². The lowest BCUT2D eigenvalue weighted by atomic mass is 10.1. The third-order valence-electron chi connectivity index (χ3n) is 4.22. The van der Waals surface area contributed by atoms with Crippen molar-refractivity contribution < 1.29 is 0 Å². The van der Waals surface area contributed by atoms with E-state index in [1.54, 1.807) is 0 Å². The minimum Gasteiger partial charge on any atom is -0.356 e. The Morgan fingerprint density at radius 3 is 2.33 bits per heavy atom. The summed E-state index contributed by atoms with van der Waals surface area (Å²) in [5.74, 6) is 1.67. The summed E-state index contributed by atoms with van der Waals surface area (Å²) >= 11 is 0. The molecule has 3 rings (SSSR count). The zero-order valence-corrected chi connectivity index (χ0v) is 14.6. The van der Waals surface area contributed by atoms with Gasteiger partial charge in [0, 0.05) is 25.0 Å². The summed E-state index contributed by atoms with van der Waals surface area (Å²) in [6, 6.07) is 16.7. The van der Waals surface area contributed by atoms with Crippen molar-refractivity contribution in [1.82, 2.24) is 9.97 Å². The fourth-order valence-electron chi connectivity index (χ4n) is 2.79. The zero-order chi connectivity index (χ0) is 16.9. The molecule has 0 radical (unpaired) electrons. The van der Waals surface area contributed by atoms with Crippen LogP contribution >= 0.6 is 0 Å². The van der Waals surface area contributed by atoms with Gasteiger partial charge in [-0.2, -0.15) is 4.98 Å². The Labute approximate surface area is 143 Å². The number of aromatic nitrogens is 2. The van der Waals surface area contributed by atoms with Crippen LogP contribution in [0.4, 0.5) is 11.8 Å². The van der Waals surface area contributed by atoms with Crippen molar-refractivity contribution in [1.29, 1.82) is 0 Å². The molecule has 0 aliphatic carbocycles. The molecule has 4 heteroatoms. The number of nitrogens with zero attached hydrogens (tertiary/aromatic N) is 3. The van der Waals surface area contributed by atoms with E-state index in [4.69, 9.17) is 4.98 Å². The number of aryl methyl sites for hydroxylation is 1. The van der Waals surface area contributed by atoms with Gasteiger partial charge in [0.1, 0.15) is 5.82 Å². The van der Waals surface area contributed by atoms with E-state index in [1.807, 2.05) is 18.2 Å². The highest BCUT2D eigenvalue weighted by atomic mass is 15.2. The molecule has 3 aromatic rings. The van der Waals surface area contributed by atoms with Gasteiger partial charge in [0.15, 0.2) is 0 Å². The molecular formula is C20H24N4. The Hall–Kier alpha value is -2.62. The van der Waals surface area contributed by atoms with Crippen molar-refractivity contribution in [2.24, 2.45) is 0 Å². The molecule has 1 heterocycles. The van der Waals surface area contributed by atoms with Gasteiger partial charge in [0.2, 0.25) is 5.95 Å². The van der Waals surface area contributed by atoms with E-state index in [2.05, 4.69) is 66.3 Å². The van der Waals surface area contributed by atoms with Crippen LogP contribution in [0.25, 0.3) is 10.9 Å². The number of nitrogens with one attached hydrogen (secondary N) is 1. The van der Waals surface area contributed by atoms with Crippen LogP contribution < -0.4 is 10.2 Å². The molecule has 0 bridgehead atoms. The highest BCUT2D eigenvalue weighted by Gasteiger charge is 2.12. The van der Waals surface area contributed by atoms with Gasteiger partial charge < -0.3 is 10.2 Å². The zero-order valence-electron chi connectivity index (χ0n) is 14.6. The number of para-hydroxylation sites is 1. The van der Waals surface area contributed by atoms with Gasteiger partial charge in [0.25, 0.3) is 0 Å². The van der Waals surface area contributed by atoms with E-state index in [9.17, 15) is 0 Å². The summed E-state index contributed by atoms with van der Waals surface area (Å²) < 4.78 is 0. The molecule has 2 aromatic carbocycles. The van der Waals surface area contributed by atoms with E-state index >= 15 is 0 Å². The summed E-state index contributed by atoms with van der Waals surface area (Å²) in [5.41, 5.74) is 3.46. The fraction of sp³-hybridized carbons (Fsp3) is 0.300. The lowest BCUT2D eigenvalue weighted by molar-refractivity contribution is 0.848. The van der Waals surface area contributed by atoms with Crippen LogP contribution in [0, 0.1) is 6.92 Å². The average Bonchev–Trinajstić information content (AvgIpc) is 2.62. The normalized spacial score (nSPS) is 10.8. The third-order valence-corrected chi connectivity index (χ3v) is 4.22. The largest absolute Gasteiger partial charge is 0.356 e. The van der Waals surface area contributed by atoms with Crippen molar-refractivity contribution in [3.63, 3.8) is 0 Å². The summed E-state index contributed by atoms with van der Waals surface area (Å²) in [6.45, 7) is 8.97. The van der Waals surface area contributed by atoms with E-state index < -0.39 is 0 Å². The Bertz CT molecular complexity index is 807. The molecule has 4 nitrogen and oxygen atoms in total. The predicted octanol–water partition coefficient (Wildman–Crippen LogP) is 4.40. The Kier molecular flexibility index (Phi) is 4.94. The first-order valence-electron chi connectivity index (χ1n) is 8.52. The first-order valence-corrected chi connectivity index (χ1v) is 8.52. The van der Waals surface area contributed by atoms with Crippen LogP contribution in [0.15, 0.2) is 48.5 Å². The molecule has 1 aromatic heterocycles. The maximum Gasteiger partial charge on any atom is 0.225 e. The van der Waals surface area contributed by atoms with Crippen LogP contribution in [0.1, 0.15) is 25.0 Å². The first-order chi connectivity index (χ1) is 11.7. The molecule has 0 saturated carbocycles. The van der Waals surface area contributed by atoms with E-state index in [1.165, 1.54) is 11.1 Å². The van der Waals surface area contributed by atoms with Crippen LogP contribution in [0.5, 0.6) is 0 Å². The summed E-state index contributed by atoms with van der Waals surface area (Å²) in [4.78, 5) is 11.7. The molecular weight excluding hydrogens is 296 g/mol. The Morgan fingerprint density at radius 1 is 0.917 bits per heavy atom. The van der Waals surface area contributed by atoms with Crippen molar-refractivity contribution in [3.05, 3.63) is 59.7 Å². The first kappa shape index (κ1) is 16.2. The van der Waals surface area contributed by atoms with Gasteiger partial charge in [-0.3, -0.25) is 0 Å². The van der Waals surface area contributed by atoms with Crippen LogP contribution in [-0.2, 0) is 6.54 Å². The minimum atomic E-state index is 0.677. The second-order valence-electron chi connectivity index (χ2n) is 5.90. The van der Waals surface area contributed by atoms with Crippen molar-refractivity contribution in [2.45, 2.75) is 27.3 Å². The predicted molar refractivity (Wildman–Crippen MR) is 102 cm³/mol. The summed E-state index contributed by atoms with van der Waals surface area (Å²) in [7, 11) is 0. The van der Waals surface area contributed by atoms with E-state index in [0.29, 0.717) is 5.95 Å². The van der Waals surface area contributed by atoms with Crippen LogP contribution in [-0.4, -0.2) is 23.1 Å². The summed E-state index contributed by atoms with van der Waals surface area (Å²) in [5, 5.41) is 4.47. The van der Waals surface area contributed by atoms with Gasteiger partial charge in [-0.05, 0) is 38.5 Å². The highest BCUT2D eigenvalue weighted by Crippen LogP contribution is 2.25. The van der Waals surface area contributed by atoms with Gasteiger partial charge >= 0.3 is 0 Å². The number of anilines is 2. The standard InChI is InChI=1S/C20H24N4/c1-4-24(5-2)19-17-8-6-7-9-18(17)22-20(23-19)21-14-16-12-10-15(3)11-13-16/h6-13H,4-5,14H2,1-3H3,(H,21,22,23). The molecule has 1 N–H and O–H groups in total. The fourth-order valence-corrected chi connectivity index (χ4v) is 2.79. The molecule has 0 saturated heterocycles. The van der Waals surface area contributed by atoms with Crippen molar-refractivity contribution in [3.8, 4) is 0 Å². The number of rotatable bonds is 6. The molecule has 0 amide bonds. The number of hydrogen-bond donors (Lipinski definition) is 1. The lowest BCUT2D eigenvalue weighted by Crippen LogP contribution is -2.24. The second-order valence-corrected chi connectivity index (χ2v) is 5.90. The average molecular weight is 320 g/mol. The molecule has 0 aliphatic rings. The van der Waals surface area contributed by atoms with Gasteiger partial charge in [-0.15, -0.1) is 0 Å². The molecule has 0 atom stereocenters. The van der Waals surface area contributed by atoms with Crippen molar-refractivity contribution in [2.75, 3.05) is 23.3 Å². The molecule has 124 valence electrons. The van der Waals surface area contributed by atoms with E-state index in [-0.39, 0.29) is 0 Å². The van der Waals surface area contributed by atoms with Gasteiger partial charge in [0.05, 0.1) is 5.52 Å². The second kappa shape index (κ2) is 7.30. The lowest BCUT2D eigenvalue weighted by Gasteiger charge is -2.22. The number of fused-ring (bicyclic) bond motifs is 1. The highest BCUT2D eigenvalue weighted by molar-refractivity contribution is 5.90.